The molecule has 2 aliphatic heterocycles. The van der Waals surface area contributed by atoms with E-state index in [2.05, 4.69) is 10.0 Å². The van der Waals surface area contributed by atoms with E-state index in [0.29, 0.717) is 13.0 Å². The third kappa shape index (κ3) is 1.69. The first-order valence-corrected chi connectivity index (χ1v) is 4.64. The molecule has 0 saturated carbocycles. The van der Waals surface area contributed by atoms with E-state index in [1.807, 2.05) is 13.8 Å². The van der Waals surface area contributed by atoms with Crippen molar-refractivity contribution in [1.29, 1.82) is 0 Å². The van der Waals surface area contributed by atoms with Gasteiger partial charge in [0.2, 0.25) is 0 Å². The molecule has 78 valence electrons. The Morgan fingerprint density at radius 1 is 1.43 bits per heavy atom. The summed E-state index contributed by atoms with van der Waals surface area (Å²) in [5.41, 5.74) is 8.39. The van der Waals surface area contributed by atoms with Crippen molar-refractivity contribution in [3.63, 3.8) is 0 Å². The maximum absolute atomic E-state index is 8.39. The zero-order valence-electron chi connectivity index (χ0n) is 8.21. The summed E-state index contributed by atoms with van der Waals surface area (Å²) >= 11 is 0. The number of fused-ring (bicyclic) bond motifs is 1. The molecular formula is C8H13N3O3. The van der Waals surface area contributed by atoms with E-state index in [1.165, 1.54) is 0 Å². The minimum Gasteiger partial charge on any atom is -0.350 e. The van der Waals surface area contributed by atoms with Crippen LogP contribution < -0.4 is 0 Å². The maximum Gasteiger partial charge on any atom is 0.187 e. The van der Waals surface area contributed by atoms with E-state index in [1.54, 1.807) is 0 Å². The summed E-state index contributed by atoms with van der Waals surface area (Å²) < 4.78 is 16.5. The van der Waals surface area contributed by atoms with Gasteiger partial charge < -0.3 is 14.2 Å². The molecule has 2 aliphatic rings. The second-order valence-electron chi connectivity index (χ2n) is 3.90. The Bertz CT molecular complexity index is 275. The highest BCUT2D eigenvalue weighted by molar-refractivity contribution is 4.89. The molecular weight excluding hydrogens is 186 g/mol. The van der Waals surface area contributed by atoms with Crippen molar-refractivity contribution in [3.05, 3.63) is 10.4 Å². The van der Waals surface area contributed by atoms with E-state index >= 15 is 0 Å². The fraction of sp³-hybridized carbons (Fsp3) is 1.00. The highest BCUT2D eigenvalue weighted by atomic mass is 16.8. The van der Waals surface area contributed by atoms with Crippen LogP contribution in [0.15, 0.2) is 5.11 Å². The standard InChI is InChI=1S/C8H13N3O3/c1-8(2)13-6-5(10-11-9)3-4-12-7(6)14-8/h5-7H,3-4H2,1-2H3/t5-,6+,7-/m1/s1. The van der Waals surface area contributed by atoms with Crippen LogP contribution in [0.2, 0.25) is 0 Å². The van der Waals surface area contributed by atoms with Crippen molar-refractivity contribution < 1.29 is 14.2 Å². The summed E-state index contributed by atoms with van der Waals surface area (Å²) in [5, 5.41) is 3.69. The third-order valence-electron chi connectivity index (χ3n) is 2.36. The lowest BCUT2D eigenvalue weighted by Crippen LogP contribution is -2.41. The van der Waals surface area contributed by atoms with Crippen LogP contribution in [0.4, 0.5) is 0 Å². The van der Waals surface area contributed by atoms with Crippen molar-refractivity contribution >= 4 is 0 Å². The second kappa shape index (κ2) is 3.40. The van der Waals surface area contributed by atoms with Crippen LogP contribution in [0.25, 0.3) is 10.4 Å². The molecule has 3 atom stereocenters. The second-order valence-corrected chi connectivity index (χ2v) is 3.90. The monoisotopic (exact) mass is 199 g/mol. The van der Waals surface area contributed by atoms with Gasteiger partial charge in [0, 0.05) is 4.91 Å². The zero-order chi connectivity index (χ0) is 10.2. The summed E-state index contributed by atoms with van der Waals surface area (Å²) in [4.78, 5) is 2.80. The van der Waals surface area contributed by atoms with E-state index in [-0.39, 0.29) is 12.1 Å². The fourth-order valence-corrected chi connectivity index (χ4v) is 1.81. The van der Waals surface area contributed by atoms with Crippen molar-refractivity contribution in [2.24, 2.45) is 5.11 Å². The van der Waals surface area contributed by atoms with Gasteiger partial charge in [-0.1, -0.05) is 5.11 Å². The Kier molecular flexibility index (Phi) is 2.36. The highest BCUT2D eigenvalue weighted by Crippen LogP contribution is 2.35. The fourth-order valence-electron chi connectivity index (χ4n) is 1.81. The van der Waals surface area contributed by atoms with Gasteiger partial charge in [-0.2, -0.15) is 0 Å². The summed E-state index contributed by atoms with van der Waals surface area (Å²) in [6.45, 7) is 4.19. The van der Waals surface area contributed by atoms with Gasteiger partial charge in [0.05, 0.1) is 12.6 Å². The molecule has 0 spiro atoms. The van der Waals surface area contributed by atoms with Crippen LogP contribution in [0.3, 0.4) is 0 Å². The minimum atomic E-state index is -0.650. The average Bonchev–Trinajstić information content (AvgIpc) is 2.41. The molecule has 14 heavy (non-hydrogen) atoms. The normalized spacial score (nSPS) is 40.0. The number of hydrogen-bond donors (Lipinski definition) is 0. The van der Waals surface area contributed by atoms with Gasteiger partial charge in [-0.05, 0) is 25.8 Å². The Morgan fingerprint density at radius 2 is 2.21 bits per heavy atom. The predicted molar refractivity (Wildman–Crippen MR) is 47.3 cm³/mol. The molecule has 2 rings (SSSR count). The van der Waals surface area contributed by atoms with Gasteiger partial charge in [-0.3, -0.25) is 0 Å². The summed E-state index contributed by atoms with van der Waals surface area (Å²) in [6.07, 6.45) is 0.0221. The van der Waals surface area contributed by atoms with Crippen molar-refractivity contribution in [2.45, 2.75) is 44.5 Å². The Balaban J connectivity index is 2.14. The molecule has 0 aromatic heterocycles. The molecule has 0 aromatic rings. The maximum atomic E-state index is 8.39. The SMILES string of the molecule is CC1(C)O[C@H]2OCC[C@@H](N=[N+]=[N-])[C@@H]2O1. The largest absolute Gasteiger partial charge is 0.350 e. The Labute approximate surface area is 81.8 Å². The number of hydrogen-bond acceptors (Lipinski definition) is 4. The van der Waals surface area contributed by atoms with Crippen LogP contribution in [0, 0.1) is 0 Å². The lowest BCUT2D eigenvalue weighted by molar-refractivity contribution is -0.191. The average molecular weight is 199 g/mol. The molecule has 0 unspecified atom stereocenters. The molecule has 0 radical (unpaired) electrons. The van der Waals surface area contributed by atoms with Crippen LogP contribution in [0.5, 0.6) is 0 Å². The molecule has 2 heterocycles. The first-order chi connectivity index (χ1) is 6.62. The van der Waals surface area contributed by atoms with Gasteiger partial charge in [-0.25, -0.2) is 0 Å². The predicted octanol–water partition coefficient (Wildman–Crippen LogP) is 1.56. The van der Waals surface area contributed by atoms with Crippen LogP contribution in [-0.4, -0.2) is 30.8 Å². The van der Waals surface area contributed by atoms with Gasteiger partial charge in [0.25, 0.3) is 0 Å². The first kappa shape index (κ1) is 9.73. The minimum absolute atomic E-state index is 0.180. The summed E-state index contributed by atoms with van der Waals surface area (Å²) in [6, 6.07) is -0.180. The van der Waals surface area contributed by atoms with Crippen molar-refractivity contribution in [2.75, 3.05) is 6.61 Å². The molecule has 0 aliphatic carbocycles. The van der Waals surface area contributed by atoms with E-state index in [4.69, 9.17) is 19.7 Å². The quantitative estimate of drug-likeness (QED) is 0.365. The lowest BCUT2D eigenvalue weighted by Gasteiger charge is -2.27. The molecule has 0 bridgehead atoms. The topological polar surface area (TPSA) is 76.5 Å². The number of azide groups is 1. The lowest BCUT2D eigenvalue weighted by atomic mass is 10.1. The van der Waals surface area contributed by atoms with E-state index in [0.717, 1.165) is 0 Å². The molecule has 2 saturated heterocycles. The Hall–Kier alpha value is -0.810. The van der Waals surface area contributed by atoms with Gasteiger partial charge in [0.1, 0.15) is 6.10 Å². The van der Waals surface area contributed by atoms with E-state index in [9.17, 15) is 0 Å². The number of nitrogens with zero attached hydrogens (tertiary/aromatic N) is 3. The van der Waals surface area contributed by atoms with Crippen molar-refractivity contribution in [3.8, 4) is 0 Å². The first-order valence-electron chi connectivity index (χ1n) is 4.64. The molecule has 2 fully saturated rings. The van der Waals surface area contributed by atoms with E-state index < -0.39 is 12.1 Å². The van der Waals surface area contributed by atoms with Gasteiger partial charge in [0.15, 0.2) is 12.1 Å². The number of rotatable bonds is 1. The van der Waals surface area contributed by atoms with Crippen LogP contribution in [-0.2, 0) is 14.2 Å². The van der Waals surface area contributed by atoms with Crippen LogP contribution in [0.1, 0.15) is 20.3 Å². The highest BCUT2D eigenvalue weighted by Gasteiger charge is 2.47. The molecule has 6 nitrogen and oxygen atoms in total. The summed E-state index contributed by atoms with van der Waals surface area (Å²) in [7, 11) is 0. The van der Waals surface area contributed by atoms with Gasteiger partial charge >= 0.3 is 0 Å². The summed E-state index contributed by atoms with van der Waals surface area (Å²) in [5.74, 6) is -0.650. The smallest absolute Gasteiger partial charge is 0.187 e. The number of ether oxygens (including phenoxy) is 3. The van der Waals surface area contributed by atoms with Crippen molar-refractivity contribution in [1.82, 2.24) is 0 Å². The molecule has 0 aromatic carbocycles. The third-order valence-corrected chi connectivity index (χ3v) is 2.36. The van der Waals surface area contributed by atoms with Gasteiger partial charge in [-0.15, -0.1) is 0 Å². The molecule has 6 heteroatoms. The zero-order valence-corrected chi connectivity index (χ0v) is 8.21. The molecule has 0 N–H and O–H groups in total. The van der Waals surface area contributed by atoms with Crippen LogP contribution >= 0.6 is 0 Å². The Morgan fingerprint density at radius 3 is 2.93 bits per heavy atom. The molecule has 0 amide bonds.